The molecule has 0 saturated heterocycles. The van der Waals surface area contributed by atoms with E-state index in [9.17, 15) is 34.4 Å². The van der Waals surface area contributed by atoms with Gasteiger partial charge < -0.3 is 35.4 Å². The predicted octanol–water partition coefficient (Wildman–Crippen LogP) is 10.3. The fraction of sp³-hybridized carbons (Fsp3) is 0.872. The highest BCUT2D eigenvalue weighted by atomic mass is 31.2. The van der Waals surface area contributed by atoms with E-state index in [1.54, 1.807) is 24.3 Å². The molecule has 352 valence electrons. The number of carbonyl (C=O) groups is 2. The third-order valence-corrected chi connectivity index (χ3v) is 12.4. The van der Waals surface area contributed by atoms with Crippen LogP contribution in [-0.2, 0) is 32.7 Å². The maximum atomic E-state index is 12.8. The molecule has 13 heteroatoms. The molecule has 0 aliphatic heterocycles. The number of aliphatic hydroxyl groups excluding tert-OH is 3. The minimum atomic E-state index is -4.47. The molecule has 1 aliphatic rings. The first-order valence-corrected chi connectivity index (χ1v) is 25.6. The average Bonchev–Trinajstić information content (AvgIpc) is 3.49. The smallest absolute Gasteiger partial charge is 0.462 e. The van der Waals surface area contributed by atoms with Gasteiger partial charge in [-0.1, -0.05) is 186 Å². The van der Waals surface area contributed by atoms with Gasteiger partial charge in [0.2, 0.25) is 0 Å². The number of ether oxygens (including phenoxy) is 2. The first-order valence-electron chi connectivity index (χ1n) is 24.1. The molecule has 1 saturated carbocycles. The van der Waals surface area contributed by atoms with Crippen LogP contribution in [0.4, 0.5) is 0 Å². The second kappa shape index (κ2) is 37.9. The van der Waals surface area contributed by atoms with E-state index < -0.39 is 50.8 Å². The van der Waals surface area contributed by atoms with Crippen LogP contribution in [0.2, 0.25) is 0 Å². The van der Waals surface area contributed by atoms with E-state index in [0.29, 0.717) is 19.3 Å². The Morgan fingerprint density at radius 2 is 1.22 bits per heavy atom. The van der Waals surface area contributed by atoms with Crippen LogP contribution in [0.1, 0.15) is 200 Å². The Morgan fingerprint density at radius 3 is 1.75 bits per heavy atom. The Kier molecular flexibility index (Phi) is 35.6. The lowest BCUT2D eigenvalue weighted by molar-refractivity contribution is -0.160. The Bertz CT molecular complexity index is 1150. The lowest BCUT2D eigenvalue weighted by Crippen LogP contribution is -2.29. The monoisotopic (exact) mass is 874 g/mol. The minimum Gasteiger partial charge on any atom is -0.462 e. The van der Waals surface area contributed by atoms with Crippen molar-refractivity contribution in [2.75, 3.05) is 26.4 Å². The van der Waals surface area contributed by atoms with Crippen molar-refractivity contribution in [1.29, 1.82) is 0 Å². The normalized spacial score (nSPS) is 20.2. The summed E-state index contributed by atoms with van der Waals surface area (Å²) < 4.78 is 32.8. The third kappa shape index (κ3) is 31.2. The summed E-state index contributed by atoms with van der Waals surface area (Å²) in [5, 5.41) is 31.4. The van der Waals surface area contributed by atoms with E-state index >= 15 is 0 Å². The van der Waals surface area contributed by atoms with Gasteiger partial charge in [-0.3, -0.25) is 18.6 Å². The van der Waals surface area contributed by atoms with Gasteiger partial charge in [-0.05, 0) is 25.2 Å². The second-order valence-corrected chi connectivity index (χ2v) is 18.4. The van der Waals surface area contributed by atoms with Gasteiger partial charge >= 0.3 is 19.8 Å². The number of phosphoric acid groups is 1. The van der Waals surface area contributed by atoms with E-state index in [1.165, 1.54) is 109 Å². The molecule has 1 aliphatic carbocycles. The van der Waals surface area contributed by atoms with Gasteiger partial charge in [0, 0.05) is 25.3 Å². The zero-order valence-corrected chi connectivity index (χ0v) is 38.7. The number of carbonyl (C=O) groups excluding carboxylic acids is 2. The van der Waals surface area contributed by atoms with Gasteiger partial charge in [-0.15, -0.1) is 0 Å². The van der Waals surface area contributed by atoms with E-state index in [-0.39, 0.29) is 50.9 Å². The molecular weight excluding hydrogens is 785 g/mol. The van der Waals surface area contributed by atoms with Crippen LogP contribution in [0.25, 0.3) is 0 Å². The highest BCUT2D eigenvalue weighted by Crippen LogP contribution is 2.43. The van der Waals surface area contributed by atoms with Crippen molar-refractivity contribution in [3.63, 3.8) is 0 Å². The predicted molar refractivity (Wildman–Crippen MR) is 240 cm³/mol. The maximum Gasteiger partial charge on any atom is 0.472 e. The fourth-order valence-corrected chi connectivity index (χ4v) is 8.55. The van der Waals surface area contributed by atoms with Crippen LogP contribution in [0.3, 0.4) is 0 Å². The SMILES string of the molecule is CCCCCCCCCCCCCCCCCCCCCCCC(=O)OC[C@H](COP(=O)(O)OCCN)OC(=O)C/C=C\C[C@H]1[C@@H](/C=C/[C@H](O)CCCCC)[C@H](O)C[C@@H]1O. The van der Waals surface area contributed by atoms with E-state index in [4.69, 9.17) is 24.3 Å². The molecule has 60 heavy (non-hydrogen) atoms. The standard InChI is InChI=1S/C47H88NO11P/c1-3-5-7-8-9-10-11-12-13-14-15-16-17-18-19-20-21-22-23-24-26-31-46(52)56-38-41(39-58-60(54,55)57-36-35-48)59-47(53)32-28-27-30-42-43(45(51)37-44(42)50)34-33-40(49)29-25-6-4-2/h27-28,33-34,40-45,49-51H,3-26,29-32,35-39,48H2,1-2H3,(H,54,55)/b28-27-,34-33+/t40-,41-,42+,43-,44+,45-/m1/s1. The number of esters is 2. The number of allylic oxidation sites excluding steroid dienone is 1. The van der Waals surface area contributed by atoms with E-state index in [0.717, 1.165) is 38.5 Å². The molecule has 0 aromatic rings. The van der Waals surface area contributed by atoms with Crippen molar-refractivity contribution in [3.8, 4) is 0 Å². The number of aliphatic hydroxyl groups is 3. The highest BCUT2D eigenvalue weighted by molar-refractivity contribution is 7.47. The molecule has 1 unspecified atom stereocenters. The first-order chi connectivity index (χ1) is 29.0. The molecule has 0 heterocycles. The highest BCUT2D eigenvalue weighted by Gasteiger charge is 2.39. The van der Waals surface area contributed by atoms with Crippen LogP contribution in [0.15, 0.2) is 24.3 Å². The molecule has 0 bridgehead atoms. The third-order valence-electron chi connectivity index (χ3n) is 11.4. The van der Waals surface area contributed by atoms with E-state index in [2.05, 4.69) is 13.8 Å². The number of nitrogens with two attached hydrogens (primary N) is 1. The van der Waals surface area contributed by atoms with Crippen molar-refractivity contribution in [2.45, 2.75) is 224 Å². The molecule has 0 radical (unpaired) electrons. The Morgan fingerprint density at radius 1 is 0.700 bits per heavy atom. The molecule has 0 spiro atoms. The number of unbranched alkanes of at least 4 members (excludes halogenated alkanes) is 22. The van der Waals surface area contributed by atoms with Crippen LogP contribution >= 0.6 is 7.82 Å². The van der Waals surface area contributed by atoms with Gasteiger partial charge in [0.05, 0.1) is 37.9 Å². The molecule has 1 fully saturated rings. The van der Waals surface area contributed by atoms with Crippen molar-refractivity contribution in [2.24, 2.45) is 17.6 Å². The zero-order chi connectivity index (χ0) is 44.1. The summed E-state index contributed by atoms with van der Waals surface area (Å²) in [6.45, 7) is 3.28. The molecular formula is C47H88NO11P. The van der Waals surface area contributed by atoms with Crippen LogP contribution in [-0.4, -0.2) is 82.9 Å². The van der Waals surface area contributed by atoms with Crippen molar-refractivity contribution >= 4 is 19.8 Å². The topological polar surface area (TPSA) is 195 Å². The Labute approximate surface area is 364 Å². The largest absolute Gasteiger partial charge is 0.472 e. The fourth-order valence-electron chi connectivity index (χ4n) is 7.79. The molecule has 12 nitrogen and oxygen atoms in total. The summed E-state index contributed by atoms with van der Waals surface area (Å²) in [4.78, 5) is 35.2. The van der Waals surface area contributed by atoms with Gasteiger partial charge in [0.1, 0.15) is 6.61 Å². The molecule has 0 aromatic carbocycles. The van der Waals surface area contributed by atoms with Crippen molar-refractivity contribution in [3.05, 3.63) is 24.3 Å². The quantitative estimate of drug-likeness (QED) is 0.0169. The minimum absolute atomic E-state index is 0.00465. The lowest BCUT2D eigenvalue weighted by Gasteiger charge is -2.20. The maximum absolute atomic E-state index is 12.8. The van der Waals surface area contributed by atoms with E-state index in [1.807, 2.05) is 0 Å². The van der Waals surface area contributed by atoms with Crippen molar-refractivity contribution in [1.82, 2.24) is 0 Å². The van der Waals surface area contributed by atoms with Crippen LogP contribution < -0.4 is 5.73 Å². The molecule has 0 aromatic heterocycles. The summed E-state index contributed by atoms with van der Waals surface area (Å²) >= 11 is 0. The number of hydrogen-bond donors (Lipinski definition) is 5. The summed E-state index contributed by atoms with van der Waals surface area (Å²) in [5.41, 5.74) is 5.35. The second-order valence-electron chi connectivity index (χ2n) is 17.0. The van der Waals surface area contributed by atoms with Crippen LogP contribution in [0.5, 0.6) is 0 Å². The first kappa shape index (κ1) is 56.4. The molecule has 0 amide bonds. The summed E-state index contributed by atoms with van der Waals surface area (Å²) in [7, 11) is -4.47. The number of rotatable bonds is 41. The Hall–Kier alpha value is -1.63. The van der Waals surface area contributed by atoms with Gasteiger partial charge in [0.25, 0.3) is 0 Å². The number of phosphoric ester groups is 1. The summed E-state index contributed by atoms with van der Waals surface area (Å²) in [6, 6.07) is 0. The van der Waals surface area contributed by atoms with Gasteiger partial charge in [-0.2, -0.15) is 0 Å². The number of hydrogen-bond acceptors (Lipinski definition) is 11. The molecule has 6 N–H and O–H groups in total. The lowest BCUT2D eigenvalue weighted by atomic mass is 9.89. The van der Waals surface area contributed by atoms with Crippen LogP contribution in [0, 0.1) is 11.8 Å². The van der Waals surface area contributed by atoms with Gasteiger partial charge in [0.15, 0.2) is 6.10 Å². The van der Waals surface area contributed by atoms with Gasteiger partial charge in [-0.25, -0.2) is 4.57 Å². The summed E-state index contributed by atoms with van der Waals surface area (Å²) in [5.74, 6) is -1.75. The van der Waals surface area contributed by atoms with Crippen molar-refractivity contribution < 1.29 is 52.9 Å². The molecule has 7 atom stereocenters. The summed E-state index contributed by atoms with van der Waals surface area (Å²) in [6.07, 6.45) is 34.9. The zero-order valence-electron chi connectivity index (χ0n) is 37.8. The average molecular weight is 874 g/mol. The Balaban J connectivity index is 2.33. The molecule has 1 rings (SSSR count).